The summed E-state index contributed by atoms with van der Waals surface area (Å²) in [6.45, 7) is 3.77. The van der Waals surface area contributed by atoms with Gasteiger partial charge in [-0.25, -0.2) is 4.98 Å². The van der Waals surface area contributed by atoms with E-state index in [9.17, 15) is 22.8 Å². The molecule has 1 aliphatic carbocycles. The molecule has 1 saturated carbocycles. The molecule has 2 aliphatic heterocycles. The Morgan fingerprint density at radius 3 is 2.38 bits per heavy atom. The van der Waals surface area contributed by atoms with Gasteiger partial charge >= 0.3 is 6.18 Å². The number of aromatic nitrogens is 2. The van der Waals surface area contributed by atoms with E-state index in [-0.39, 0.29) is 29.6 Å². The molecule has 0 spiro atoms. The first-order valence-electron chi connectivity index (χ1n) is 14.5. The van der Waals surface area contributed by atoms with Gasteiger partial charge in [-0.1, -0.05) is 6.42 Å². The number of anilines is 3. The van der Waals surface area contributed by atoms with Gasteiger partial charge in [-0.15, -0.1) is 0 Å². The van der Waals surface area contributed by atoms with Crippen molar-refractivity contribution in [3.63, 3.8) is 0 Å². The number of hydrogen-bond acceptors (Lipinski definition) is 8. The summed E-state index contributed by atoms with van der Waals surface area (Å²) >= 11 is 0. The smallest absolute Gasteiger partial charge is 0.378 e. The minimum absolute atomic E-state index is 0.0259. The summed E-state index contributed by atoms with van der Waals surface area (Å²) in [5.41, 5.74) is 0.0609. The maximum atomic E-state index is 13.9. The first-order valence-corrected chi connectivity index (χ1v) is 14.5. The second kappa shape index (κ2) is 12.8. The van der Waals surface area contributed by atoms with Crippen molar-refractivity contribution in [1.29, 1.82) is 0 Å². The van der Waals surface area contributed by atoms with Crippen LogP contribution in [0.15, 0.2) is 30.5 Å². The highest BCUT2D eigenvalue weighted by atomic mass is 19.4. The quantitative estimate of drug-likeness (QED) is 0.503. The Labute approximate surface area is 243 Å². The van der Waals surface area contributed by atoms with E-state index in [2.05, 4.69) is 32.5 Å². The van der Waals surface area contributed by atoms with Crippen LogP contribution in [0.25, 0.3) is 0 Å². The zero-order chi connectivity index (χ0) is 29.9. The van der Waals surface area contributed by atoms with E-state index in [1.807, 2.05) is 7.05 Å². The summed E-state index contributed by atoms with van der Waals surface area (Å²) in [5.74, 6) is -0.968. The lowest BCUT2D eigenvalue weighted by Crippen LogP contribution is -2.46. The van der Waals surface area contributed by atoms with Gasteiger partial charge in [-0.05, 0) is 70.1 Å². The second-order valence-corrected chi connectivity index (χ2v) is 11.3. The number of morpholine rings is 1. The van der Waals surface area contributed by atoms with E-state index < -0.39 is 23.7 Å². The van der Waals surface area contributed by atoms with E-state index in [1.165, 1.54) is 0 Å². The van der Waals surface area contributed by atoms with Gasteiger partial charge in [0.2, 0.25) is 11.9 Å². The zero-order valence-electron chi connectivity index (χ0n) is 24.0. The Bertz CT molecular complexity index is 1250. The summed E-state index contributed by atoms with van der Waals surface area (Å²) in [7, 11) is 3.89. The molecule has 1 aromatic carbocycles. The summed E-state index contributed by atoms with van der Waals surface area (Å²) in [4.78, 5) is 40.0. The minimum atomic E-state index is -4.68. The Kier molecular flexibility index (Phi) is 9.16. The first kappa shape index (κ1) is 30.0. The lowest BCUT2D eigenvalue weighted by Gasteiger charge is -2.35. The highest BCUT2D eigenvalue weighted by Crippen LogP contribution is 2.37. The summed E-state index contributed by atoms with van der Waals surface area (Å²) in [5, 5.41) is 5.89. The molecule has 42 heavy (non-hydrogen) atoms. The summed E-state index contributed by atoms with van der Waals surface area (Å²) in [6.07, 6.45) is -0.194. The number of hydrogen-bond donors (Lipinski definition) is 2. The SMILES string of the molecule is CN1CCC(N(C)C(=O)c2ccc(Nc3ncc(C(F)(F)F)c(N[C@@H]4CCC[C@@H]4C(=O)N4CCOCC4)n3)cc2)CC1. The number of halogens is 3. The largest absolute Gasteiger partial charge is 0.421 e. The van der Waals surface area contributed by atoms with Crippen molar-refractivity contribution in [3.8, 4) is 0 Å². The zero-order valence-corrected chi connectivity index (χ0v) is 24.0. The third-order valence-electron chi connectivity index (χ3n) is 8.52. The lowest BCUT2D eigenvalue weighted by molar-refractivity contribution is -0.139. The van der Waals surface area contributed by atoms with Gasteiger partial charge in [0, 0.05) is 49.7 Å². The van der Waals surface area contributed by atoms with Crippen molar-refractivity contribution in [2.24, 2.45) is 5.92 Å². The molecule has 3 heterocycles. The number of benzene rings is 1. The monoisotopic (exact) mass is 589 g/mol. The van der Waals surface area contributed by atoms with Crippen LogP contribution in [-0.2, 0) is 15.7 Å². The predicted octanol–water partition coefficient (Wildman–Crippen LogP) is 3.84. The first-order chi connectivity index (χ1) is 20.1. The Balaban J connectivity index is 1.28. The molecule has 2 saturated heterocycles. The van der Waals surface area contributed by atoms with Crippen molar-refractivity contribution in [2.75, 3.05) is 64.1 Å². The van der Waals surface area contributed by atoms with Crippen molar-refractivity contribution in [3.05, 3.63) is 41.6 Å². The molecule has 3 fully saturated rings. The highest BCUT2D eigenvalue weighted by Gasteiger charge is 2.40. The van der Waals surface area contributed by atoms with Gasteiger partial charge in [-0.3, -0.25) is 9.59 Å². The Morgan fingerprint density at radius 1 is 1.02 bits per heavy atom. The van der Waals surface area contributed by atoms with Gasteiger partial charge in [-0.2, -0.15) is 18.2 Å². The van der Waals surface area contributed by atoms with E-state index in [0.717, 1.165) is 38.5 Å². The molecular weight excluding hydrogens is 551 g/mol. The van der Waals surface area contributed by atoms with Crippen molar-refractivity contribution >= 4 is 29.3 Å². The molecule has 0 unspecified atom stereocenters. The van der Waals surface area contributed by atoms with E-state index in [1.54, 1.807) is 34.1 Å². The third-order valence-corrected chi connectivity index (χ3v) is 8.52. The topological polar surface area (TPSA) is 103 Å². The van der Waals surface area contributed by atoms with Gasteiger partial charge in [0.15, 0.2) is 0 Å². The number of alkyl halides is 3. The van der Waals surface area contributed by atoms with Crippen LogP contribution in [0.2, 0.25) is 0 Å². The second-order valence-electron chi connectivity index (χ2n) is 11.3. The number of nitrogens with one attached hydrogen (secondary N) is 2. The van der Waals surface area contributed by atoms with Crippen molar-refractivity contribution in [2.45, 2.75) is 50.4 Å². The number of ether oxygens (including phenoxy) is 1. The molecule has 3 aliphatic rings. The molecule has 2 aromatic rings. The fourth-order valence-corrected chi connectivity index (χ4v) is 5.96. The van der Waals surface area contributed by atoms with Crippen LogP contribution in [0.1, 0.15) is 48.0 Å². The van der Waals surface area contributed by atoms with Gasteiger partial charge in [0.1, 0.15) is 11.4 Å². The molecule has 2 N–H and O–H groups in total. The standard InChI is InChI=1S/C29H38F3N7O3/c1-37-12-10-21(11-13-37)38(2)26(40)19-6-8-20(9-7-19)34-28-33-18-23(29(30,31)32)25(36-28)35-24-5-3-4-22(24)27(41)39-14-16-42-17-15-39/h6-9,18,21-22,24H,3-5,10-17H2,1-2H3,(H2,33,34,35,36)/t22-,24+/m0/s1. The molecule has 13 heteroatoms. The molecule has 1 aromatic heterocycles. The number of nitrogens with zero attached hydrogens (tertiary/aromatic N) is 5. The van der Waals surface area contributed by atoms with E-state index >= 15 is 0 Å². The minimum Gasteiger partial charge on any atom is -0.378 e. The number of rotatable bonds is 7. The van der Waals surface area contributed by atoms with Crippen LogP contribution < -0.4 is 10.6 Å². The fourth-order valence-electron chi connectivity index (χ4n) is 5.96. The average Bonchev–Trinajstić information content (AvgIpc) is 3.45. The summed E-state index contributed by atoms with van der Waals surface area (Å²) < 4.78 is 47.0. The predicted molar refractivity (Wildman–Crippen MR) is 152 cm³/mol. The third kappa shape index (κ3) is 6.95. The highest BCUT2D eigenvalue weighted by molar-refractivity contribution is 5.94. The van der Waals surface area contributed by atoms with Crippen LogP contribution in [-0.4, -0.2) is 102 Å². The number of amides is 2. The summed E-state index contributed by atoms with van der Waals surface area (Å²) in [6, 6.07) is 6.42. The molecule has 2 amide bonds. The van der Waals surface area contributed by atoms with Gasteiger partial charge < -0.3 is 30.1 Å². The van der Waals surface area contributed by atoms with Gasteiger partial charge in [0.25, 0.3) is 5.91 Å². The van der Waals surface area contributed by atoms with Crippen molar-refractivity contribution in [1.82, 2.24) is 24.7 Å². The molecule has 0 radical (unpaired) electrons. The van der Waals surface area contributed by atoms with E-state index in [0.29, 0.717) is 50.4 Å². The number of piperidine rings is 1. The fraction of sp³-hybridized carbons (Fsp3) is 0.586. The molecule has 2 atom stereocenters. The average molecular weight is 590 g/mol. The van der Waals surface area contributed by atoms with E-state index in [4.69, 9.17) is 4.74 Å². The molecule has 10 nitrogen and oxygen atoms in total. The van der Waals surface area contributed by atoms with Gasteiger partial charge in [0.05, 0.1) is 19.1 Å². The van der Waals surface area contributed by atoms with Crippen LogP contribution in [0.3, 0.4) is 0 Å². The van der Waals surface area contributed by atoms with Crippen molar-refractivity contribution < 1.29 is 27.5 Å². The normalized spacial score (nSPS) is 22.2. The lowest BCUT2D eigenvalue weighted by atomic mass is 10.0. The molecule has 0 bridgehead atoms. The molecular formula is C29H38F3N7O3. The molecule has 228 valence electrons. The van der Waals surface area contributed by atoms with Crippen LogP contribution >= 0.6 is 0 Å². The Hall–Kier alpha value is -3.45. The number of carbonyl (C=O) groups is 2. The Morgan fingerprint density at radius 2 is 1.71 bits per heavy atom. The van der Waals surface area contributed by atoms with Crippen LogP contribution in [0.4, 0.5) is 30.6 Å². The maximum absolute atomic E-state index is 13.9. The number of carbonyl (C=O) groups excluding carboxylic acids is 2. The molecule has 5 rings (SSSR count). The van der Waals surface area contributed by atoms with Crippen LogP contribution in [0, 0.1) is 5.92 Å². The van der Waals surface area contributed by atoms with Crippen LogP contribution in [0.5, 0.6) is 0 Å². The number of likely N-dealkylation sites (tertiary alicyclic amines) is 1. The maximum Gasteiger partial charge on any atom is 0.421 e.